The molecule has 0 aromatic heterocycles. The molecule has 1 aliphatic rings. The molecular formula is C16H31N3O5. The van der Waals surface area contributed by atoms with Gasteiger partial charge in [0.2, 0.25) is 11.8 Å². The Kier molecular flexibility index (Phi) is 9.20. The number of rotatable bonds is 9. The molecule has 24 heavy (non-hydrogen) atoms. The van der Waals surface area contributed by atoms with Gasteiger partial charge in [-0.05, 0) is 45.1 Å². The minimum atomic E-state index is -1.23. The summed E-state index contributed by atoms with van der Waals surface area (Å²) >= 11 is 0. The monoisotopic (exact) mass is 345 g/mol. The van der Waals surface area contributed by atoms with Crippen molar-refractivity contribution in [1.82, 2.24) is 10.6 Å². The van der Waals surface area contributed by atoms with Gasteiger partial charge in [-0.15, -0.1) is 0 Å². The number of aliphatic hydroxyl groups excluding tert-OH is 3. The Morgan fingerprint density at radius 3 is 2.33 bits per heavy atom. The lowest BCUT2D eigenvalue weighted by molar-refractivity contribution is -0.140. The third-order valence-electron chi connectivity index (χ3n) is 4.34. The zero-order valence-corrected chi connectivity index (χ0v) is 14.3. The van der Waals surface area contributed by atoms with Crippen molar-refractivity contribution in [3.8, 4) is 0 Å². The van der Waals surface area contributed by atoms with E-state index in [0.29, 0.717) is 19.5 Å². The first kappa shape index (κ1) is 20.8. The van der Waals surface area contributed by atoms with E-state index in [1.54, 1.807) is 0 Å². The van der Waals surface area contributed by atoms with Gasteiger partial charge in [-0.2, -0.15) is 0 Å². The lowest BCUT2D eigenvalue weighted by Gasteiger charge is -2.34. The molecule has 7 N–H and O–H groups in total. The Balaban J connectivity index is 2.63. The highest BCUT2D eigenvalue weighted by Gasteiger charge is 2.38. The van der Waals surface area contributed by atoms with Crippen molar-refractivity contribution < 1.29 is 24.9 Å². The van der Waals surface area contributed by atoms with Gasteiger partial charge in [-0.1, -0.05) is 6.92 Å². The van der Waals surface area contributed by atoms with Crippen molar-refractivity contribution in [2.75, 3.05) is 13.1 Å². The van der Waals surface area contributed by atoms with Crippen LogP contribution in [0.15, 0.2) is 0 Å². The third-order valence-corrected chi connectivity index (χ3v) is 4.34. The minimum Gasteiger partial charge on any atom is -0.390 e. The molecule has 0 aromatic rings. The third kappa shape index (κ3) is 6.35. The fraction of sp³-hybridized carbons (Fsp3) is 0.875. The van der Waals surface area contributed by atoms with Gasteiger partial charge in [0.25, 0.3) is 0 Å². The van der Waals surface area contributed by atoms with E-state index in [0.717, 1.165) is 19.3 Å². The highest BCUT2D eigenvalue weighted by atomic mass is 16.4. The Morgan fingerprint density at radius 1 is 1.17 bits per heavy atom. The second kappa shape index (κ2) is 10.6. The molecule has 3 atom stereocenters. The molecule has 0 saturated heterocycles. The van der Waals surface area contributed by atoms with Gasteiger partial charge in [0, 0.05) is 12.5 Å². The number of aliphatic hydroxyl groups is 3. The Morgan fingerprint density at radius 2 is 1.79 bits per heavy atom. The molecule has 8 nitrogen and oxygen atoms in total. The summed E-state index contributed by atoms with van der Waals surface area (Å²) in [5.41, 5.74) is 5.47. The zero-order valence-electron chi connectivity index (χ0n) is 14.3. The van der Waals surface area contributed by atoms with Crippen LogP contribution >= 0.6 is 0 Å². The maximum absolute atomic E-state index is 12.4. The standard InChI is InChI=1S/C16H31N3O5/c1-2-7-18-16(24)11(5-3-4-6-17)19-15(23)10-8-12(20)14(22)13(21)9-10/h10-14,20-22H,2-9,17H2,1H3,(H,18,24)(H,19,23)/t10?,11?,12-,13-,14?/m1/s1. The van der Waals surface area contributed by atoms with Gasteiger partial charge in [0.1, 0.15) is 12.1 Å². The number of carbonyl (C=O) groups is 2. The van der Waals surface area contributed by atoms with Gasteiger partial charge in [0.05, 0.1) is 12.2 Å². The molecule has 0 heterocycles. The Labute approximate surface area is 142 Å². The number of hydrogen-bond acceptors (Lipinski definition) is 6. The lowest BCUT2D eigenvalue weighted by atomic mass is 9.82. The molecule has 0 radical (unpaired) electrons. The van der Waals surface area contributed by atoms with E-state index in [1.165, 1.54) is 0 Å². The Bertz CT molecular complexity index is 395. The van der Waals surface area contributed by atoms with Gasteiger partial charge in [-0.25, -0.2) is 0 Å². The van der Waals surface area contributed by atoms with E-state index in [1.807, 2.05) is 6.92 Å². The number of nitrogens with two attached hydrogens (primary N) is 1. The van der Waals surface area contributed by atoms with Crippen LogP contribution in [0.25, 0.3) is 0 Å². The van der Waals surface area contributed by atoms with Crippen LogP contribution in [0.5, 0.6) is 0 Å². The average Bonchev–Trinajstić information content (AvgIpc) is 2.56. The van der Waals surface area contributed by atoms with E-state index in [-0.39, 0.29) is 24.7 Å². The zero-order chi connectivity index (χ0) is 18.1. The maximum atomic E-state index is 12.4. The maximum Gasteiger partial charge on any atom is 0.242 e. The molecule has 1 fully saturated rings. The fourth-order valence-corrected chi connectivity index (χ4v) is 2.85. The molecule has 1 unspecified atom stereocenters. The summed E-state index contributed by atoms with van der Waals surface area (Å²) in [6.07, 6.45) is -0.624. The second-order valence-electron chi connectivity index (χ2n) is 6.43. The molecule has 1 saturated carbocycles. The van der Waals surface area contributed by atoms with Crippen LogP contribution in [-0.2, 0) is 9.59 Å². The highest BCUT2D eigenvalue weighted by Crippen LogP contribution is 2.25. The molecule has 0 aliphatic heterocycles. The van der Waals surface area contributed by atoms with Crippen molar-refractivity contribution in [2.24, 2.45) is 11.7 Å². The van der Waals surface area contributed by atoms with Crippen molar-refractivity contribution in [3.63, 3.8) is 0 Å². The fourth-order valence-electron chi connectivity index (χ4n) is 2.85. The Hall–Kier alpha value is -1.22. The first-order valence-corrected chi connectivity index (χ1v) is 8.73. The number of carbonyl (C=O) groups excluding carboxylic acids is 2. The number of amides is 2. The molecule has 0 spiro atoms. The van der Waals surface area contributed by atoms with Crippen LogP contribution in [0.2, 0.25) is 0 Å². The number of hydrogen-bond donors (Lipinski definition) is 6. The van der Waals surface area contributed by atoms with E-state index in [4.69, 9.17) is 5.73 Å². The average molecular weight is 345 g/mol. The van der Waals surface area contributed by atoms with Crippen LogP contribution in [0.1, 0.15) is 45.4 Å². The number of nitrogens with one attached hydrogen (secondary N) is 2. The largest absolute Gasteiger partial charge is 0.390 e. The SMILES string of the molecule is CCCNC(=O)C(CCCCN)NC(=O)C1C[C@@H](O)C(O)[C@H](O)C1. The van der Waals surface area contributed by atoms with Crippen LogP contribution < -0.4 is 16.4 Å². The van der Waals surface area contributed by atoms with E-state index in [2.05, 4.69) is 10.6 Å². The minimum absolute atomic E-state index is 0.0656. The van der Waals surface area contributed by atoms with Gasteiger partial charge >= 0.3 is 0 Å². The lowest BCUT2D eigenvalue weighted by Crippen LogP contribution is -2.52. The first-order valence-electron chi connectivity index (χ1n) is 8.73. The normalized spacial score (nSPS) is 28.2. The van der Waals surface area contributed by atoms with Gasteiger partial charge in [0.15, 0.2) is 0 Å². The van der Waals surface area contributed by atoms with Crippen molar-refractivity contribution in [2.45, 2.75) is 69.8 Å². The summed E-state index contributed by atoms with van der Waals surface area (Å²) in [6, 6.07) is -0.656. The van der Waals surface area contributed by atoms with Crippen molar-refractivity contribution in [3.05, 3.63) is 0 Å². The molecular weight excluding hydrogens is 314 g/mol. The predicted octanol–water partition coefficient (Wildman–Crippen LogP) is -1.38. The summed E-state index contributed by atoms with van der Waals surface area (Å²) in [7, 11) is 0. The predicted molar refractivity (Wildman–Crippen MR) is 88.9 cm³/mol. The second-order valence-corrected chi connectivity index (χ2v) is 6.43. The quantitative estimate of drug-likeness (QED) is 0.284. The van der Waals surface area contributed by atoms with Crippen LogP contribution in [-0.4, -0.2) is 64.6 Å². The smallest absolute Gasteiger partial charge is 0.242 e. The van der Waals surface area contributed by atoms with Gasteiger partial charge < -0.3 is 31.7 Å². The molecule has 1 rings (SSSR count). The molecule has 0 aromatic carbocycles. The van der Waals surface area contributed by atoms with Crippen LogP contribution in [0.4, 0.5) is 0 Å². The molecule has 2 amide bonds. The van der Waals surface area contributed by atoms with Gasteiger partial charge in [-0.3, -0.25) is 9.59 Å². The van der Waals surface area contributed by atoms with Crippen LogP contribution in [0.3, 0.4) is 0 Å². The highest BCUT2D eigenvalue weighted by molar-refractivity contribution is 5.88. The summed E-state index contributed by atoms with van der Waals surface area (Å²) in [5.74, 6) is -1.25. The molecule has 8 heteroatoms. The molecule has 140 valence electrons. The van der Waals surface area contributed by atoms with E-state index < -0.39 is 30.3 Å². The van der Waals surface area contributed by atoms with E-state index >= 15 is 0 Å². The topological polar surface area (TPSA) is 145 Å². The summed E-state index contributed by atoms with van der Waals surface area (Å²) < 4.78 is 0. The first-order chi connectivity index (χ1) is 11.4. The van der Waals surface area contributed by atoms with Crippen molar-refractivity contribution >= 4 is 11.8 Å². The summed E-state index contributed by atoms with van der Waals surface area (Å²) in [6.45, 7) is 3.00. The summed E-state index contributed by atoms with van der Waals surface area (Å²) in [4.78, 5) is 24.6. The van der Waals surface area contributed by atoms with Crippen LogP contribution in [0, 0.1) is 5.92 Å². The molecule has 0 bridgehead atoms. The molecule has 1 aliphatic carbocycles. The van der Waals surface area contributed by atoms with Crippen molar-refractivity contribution in [1.29, 1.82) is 0 Å². The summed E-state index contributed by atoms with van der Waals surface area (Å²) in [5, 5.41) is 34.5. The van der Waals surface area contributed by atoms with E-state index in [9.17, 15) is 24.9 Å². The number of unbranched alkanes of at least 4 members (excludes halogenated alkanes) is 1.